The lowest BCUT2D eigenvalue weighted by molar-refractivity contribution is 0.0892. The second-order valence-corrected chi connectivity index (χ2v) is 8.50. The molecule has 1 aromatic heterocycles. The van der Waals surface area contributed by atoms with Crippen molar-refractivity contribution in [2.75, 3.05) is 11.9 Å². The molecule has 0 aliphatic heterocycles. The molecule has 1 saturated carbocycles. The molecule has 5 nitrogen and oxygen atoms in total. The van der Waals surface area contributed by atoms with Gasteiger partial charge in [-0.05, 0) is 61.6 Å². The molecule has 0 saturated heterocycles. The Kier molecular flexibility index (Phi) is 6.40. The summed E-state index contributed by atoms with van der Waals surface area (Å²) < 4.78 is 5.51. The Balaban J connectivity index is 1.61. The molecule has 1 aliphatic carbocycles. The minimum absolute atomic E-state index is 0.0284. The quantitative estimate of drug-likeness (QED) is 0.522. The summed E-state index contributed by atoms with van der Waals surface area (Å²) in [6.07, 6.45) is 3.44. The van der Waals surface area contributed by atoms with E-state index in [9.17, 15) is 4.79 Å². The molecule has 0 bridgehead atoms. The predicted molar refractivity (Wildman–Crippen MR) is 126 cm³/mol. The maximum Gasteiger partial charge on any atom is 0.252 e. The molecule has 3 atom stereocenters. The Morgan fingerprint density at radius 1 is 1.10 bits per heavy atom. The molecule has 1 fully saturated rings. The van der Waals surface area contributed by atoms with Gasteiger partial charge in [0, 0.05) is 17.1 Å². The zero-order valence-corrected chi connectivity index (χ0v) is 18.5. The number of para-hydroxylation sites is 1. The van der Waals surface area contributed by atoms with Crippen LogP contribution < -0.4 is 15.4 Å². The van der Waals surface area contributed by atoms with Gasteiger partial charge in [-0.25, -0.2) is 4.98 Å². The number of hydrogen-bond donors (Lipinski definition) is 2. The van der Waals surface area contributed by atoms with E-state index >= 15 is 0 Å². The Morgan fingerprint density at radius 3 is 2.65 bits per heavy atom. The minimum Gasteiger partial charge on any atom is -0.494 e. The van der Waals surface area contributed by atoms with Crippen LogP contribution in [-0.2, 0) is 0 Å². The van der Waals surface area contributed by atoms with Gasteiger partial charge in [0.25, 0.3) is 5.91 Å². The number of rotatable bonds is 6. The van der Waals surface area contributed by atoms with E-state index in [1.165, 1.54) is 6.42 Å². The lowest BCUT2D eigenvalue weighted by atomic mass is 9.78. The minimum atomic E-state index is -0.0284. The first-order chi connectivity index (χ1) is 15.0. The van der Waals surface area contributed by atoms with E-state index in [2.05, 4.69) is 24.5 Å². The smallest absolute Gasteiger partial charge is 0.252 e. The standard InChI is InChI=1S/C26H31N3O2/c1-4-31-20-14-12-19(13-15-20)27-25-16-22(21-9-5-6-10-24(21)28-25)26(30)29-23-11-7-8-17(2)18(23)3/h5-6,9-10,12-18,23H,4,7-8,11H2,1-3H3,(H,27,28)(H,29,30)/t17-,18-,23+/m0/s1. The Hall–Kier alpha value is -3.08. The van der Waals surface area contributed by atoms with Crippen molar-refractivity contribution < 1.29 is 9.53 Å². The number of ether oxygens (including phenoxy) is 1. The highest BCUT2D eigenvalue weighted by Gasteiger charge is 2.28. The number of anilines is 2. The number of pyridine rings is 1. The SMILES string of the molecule is CCOc1ccc(Nc2cc(C(=O)N[C@@H]3CCC[C@H](C)[C@@H]3C)c3ccccc3n2)cc1. The molecular weight excluding hydrogens is 386 g/mol. The van der Waals surface area contributed by atoms with Gasteiger partial charge in [0.05, 0.1) is 17.7 Å². The first-order valence-electron chi connectivity index (χ1n) is 11.3. The van der Waals surface area contributed by atoms with E-state index in [0.717, 1.165) is 35.2 Å². The molecule has 1 aliphatic rings. The largest absolute Gasteiger partial charge is 0.494 e. The average molecular weight is 418 g/mol. The average Bonchev–Trinajstić information content (AvgIpc) is 2.78. The van der Waals surface area contributed by atoms with Crippen molar-refractivity contribution >= 4 is 28.3 Å². The third-order valence-electron chi connectivity index (χ3n) is 6.42. The molecule has 3 aromatic rings. The third kappa shape index (κ3) is 4.82. The van der Waals surface area contributed by atoms with Crippen molar-refractivity contribution in [1.82, 2.24) is 10.3 Å². The second-order valence-electron chi connectivity index (χ2n) is 8.50. The molecule has 162 valence electrons. The van der Waals surface area contributed by atoms with Crippen LogP contribution in [0.25, 0.3) is 10.9 Å². The van der Waals surface area contributed by atoms with Crippen molar-refractivity contribution in [3.8, 4) is 5.75 Å². The van der Waals surface area contributed by atoms with Gasteiger partial charge in [0.1, 0.15) is 11.6 Å². The lowest BCUT2D eigenvalue weighted by Crippen LogP contribution is -2.43. The number of nitrogens with one attached hydrogen (secondary N) is 2. The molecular formula is C26H31N3O2. The van der Waals surface area contributed by atoms with Crippen molar-refractivity contribution in [3.63, 3.8) is 0 Å². The number of fused-ring (bicyclic) bond motifs is 1. The van der Waals surface area contributed by atoms with E-state index in [-0.39, 0.29) is 11.9 Å². The zero-order valence-electron chi connectivity index (χ0n) is 18.5. The molecule has 2 N–H and O–H groups in total. The van der Waals surface area contributed by atoms with E-state index in [4.69, 9.17) is 9.72 Å². The monoisotopic (exact) mass is 417 g/mol. The summed E-state index contributed by atoms with van der Waals surface area (Å²) in [7, 11) is 0. The van der Waals surface area contributed by atoms with Crippen LogP contribution in [0.15, 0.2) is 54.6 Å². The zero-order chi connectivity index (χ0) is 21.8. The Morgan fingerprint density at radius 2 is 1.87 bits per heavy atom. The van der Waals surface area contributed by atoms with Crippen molar-refractivity contribution in [2.45, 2.75) is 46.1 Å². The molecule has 2 aromatic carbocycles. The van der Waals surface area contributed by atoms with Gasteiger partial charge in [0.15, 0.2) is 0 Å². The summed E-state index contributed by atoms with van der Waals surface area (Å²) >= 11 is 0. The summed E-state index contributed by atoms with van der Waals surface area (Å²) in [4.78, 5) is 18.0. The fourth-order valence-corrected chi connectivity index (χ4v) is 4.41. The third-order valence-corrected chi connectivity index (χ3v) is 6.42. The molecule has 1 amide bonds. The van der Waals surface area contributed by atoms with Crippen LogP contribution in [0.3, 0.4) is 0 Å². The number of hydrogen-bond acceptors (Lipinski definition) is 4. The first kappa shape index (κ1) is 21.2. The summed E-state index contributed by atoms with van der Waals surface area (Å²) in [5.41, 5.74) is 2.35. The van der Waals surface area contributed by atoms with Crippen molar-refractivity contribution in [3.05, 3.63) is 60.2 Å². The van der Waals surface area contributed by atoms with Crippen LogP contribution in [0.5, 0.6) is 5.75 Å². The molecule has 1 heterocycles. The van der Waals surface area contributed by atoms with Crippen molar-refractivity contribution in [2.24, 2.45) is 11.8 Å². The molecule has 31 heavy (non-hydrogen) atoms. The number of aromatic nitrogens is 1. The fraction of sp³-hybridized carbons (Fsp3) is 0.385. The van der Waals surface area contributed by atoms with E-state index in [1.807, 2.05) is 61.5 Å². The van der Waals surface area contributed by atoms with Gasteiger partial charge >= 0.3 is 0 Å². The van der Waals surface area contributed by atoms with E-state index in [0.29, 0.717) is 29.8 Å². The second kappa shape index (κ2) is 9.38. The molecule has 4 rings (SSSR count). The molecule has 0 radical (unpaired) electrons. The first-order valence-corrected chi connectivity index (χ1v) is 11.3. The summed E-state index contributed by atoms with van der Waals surface area (Å²) in [6.45, 7) is 7.13. The van der Waals surface area contributed by atoms with E-state index in [1.54, 1.807) is 0 Å². The number of carbonyl (C=O) groups is 1. The summed E-state index contributed by atoms with van der Waals surface area (Å²) in [5.74, 6) is 2.56. The van der Waals surface area contributed by atoms with Gasteiger partial charge < -0.3 is 15.4 Å². The lowest BCUT2D eigenvalue weighted by Gasteiger charge is -2.34. The van der Waals surface area contributed by atoms with Crippen LogP contribution in [0, 0.1) is 11.8 Å². The molecule has 0 unspecified atom stereocenters. The normalized spacial score (nSPS) is 20.9. The van der Waals surface area contributed by atoms with Gasteiger partial charge in [0.2, 0.25) is 0 Å². The Bertz CT molecular complexity index is 1050. The van der Waals surface area contributed by atoms with Gasteiger partial charge in [-0.15, -0.1) is 0 Å². The van der Waals surface area contributed by atoms with E-state index < -0.39 is 0 Å². The highest BCUT2D eigenvalue weighted by molar-refractivity contribution is 6.07. The topological polar surface area (TPSA) is 63.2 Å². The maximum absolute atomic E-state index is 13.3. The molecule has 0 spiro atoms. The van der Waals surface area contributed by atoms with Crippen LogP contribution in [0.2, 0.25) is 0 Å². The van der Waals surface area contributed by atoms with Crippen LogP contribution in [0.1, 0.15) is 50.4 Å². The number of amides is 1. The van der Waals surface area contributed by atoms with Gasteiger partial charge in [-0.2, -0.15) is 0 Å². The Labute approximate surface area is 184 Å². The maximum atomic E-state index is 13.3. The van der Waals surface area contributed by atoms with Crippen LogP contribution >= 0.6 is 0 Å². The fourth-order valence-electron chi connectivity index (χ4n) is 4.41. The molecule has 5 heteroatoms. The van der Waals surface area contributed by atoms with Gasteiger partial charge in [-0.3, -0.25) is 4.79 Å². The summed E-state index contributed by atoms with van der Waals surface area (Å²) in [5, 5.41) is 7.51. The van der Waals surface area contributed by atoms with Crippen LogP contribution in [-0.4, -0.2) is 23.5 Å². The number of carbonyl (C=O) groups excluding carboxylic acids is 1. The number of nitrogens with zero attached hydrogens (tertiary/aromatic N) is 1. The summed E-state index contributed by atoms with van der Waals surface area (Å²) in [6, 6.07) is 17.6. The highest BCUT2D eigenvalue weighted by Crippen LogP contribution is 2.30. The predicted octanol–water partition coefficient (Wildman–Crippen LogP) is 5.93. The van der Waals surface area contributed by atoms with Crippen molar-refractivity contribution in [1.29, 1.82) is 0 Å². The highest BCUT2D eigenvalue weighted by atomic mass is 16.5. The van der Waals surface area contributed by atoms with Gasteiger partial charge in [-0.1, -0.05) is 44.9 Å². The number of benzene rings is 2. The van der Waals surface area contributed by atoms with Crippen LogP contribution in [0.4, 0.5) is 11.5 Å².